The molecular weight excluding hydrogens is 236 g/mol. The Hall–Kier alpha value is -1.87. The lowest BCUT2D eigenvalue weighted by Gasteiger charge is -2.10. The zero-order valence-electron chi connectivity index (χ0n) is 11.5. The molecule has 2 rings (SSSR count). The lowest BCUT2D eigenvalue weighted by Crippen LogP contribution is -2.04. The molecule has 0 atom stereocenters. The lowest BCUT2D eigenvalue weighted by molar-refractivity contribution is 0.300. The van der Waals surface area contributed by atoms with Crippen molar-refractivity contribution >= 4 is 0 Å². The van der Waals surface area contributed by atoms with E-state index in [1.165, 1.54) is 5.56 Å². The first-order valence-electron chi connectivity index (χ1n) is 6.56. The number of pyridine rings is 1. The van der Waals surface area contributed by atoms with Gasteiger partial charge in [0.15, 0.2) is 0 Å². The Labute approximate surface area is 114 Å². The molecule has 0 spiro atoms. The maximum Gasteiger partial charge on any atom is 0.130 e. The standard InChI is InChI=1S/C16H20N2O/c1-12(2)13-5-3-8-16(9-13)19-11-15-7-4-6-14(10-17)18-15/h3-9,12H,10-11,17H2,1-2H3. The Morgan fingerprint density at radius 3 is 2.58 bits per heavy atom. The Kier molecular flexibility index (Phi) is 4.53. The van der Waals surface area contributed by atoms with Crippen molar-refractivity contribution < 1.29 is 4.74 Å². The van der Waals surface area contributed by atoms with E-state index in [0.29, 0.717) is 19.1 Å². The van der Waals surface area contributed by atoms with Gasteiger partial charge >= 0.3 is 0 Å². The van der Waals surface area contributed by atoms with Gasteiger partial charge < -0.3 is 10.5 Å². The summed E-state index contributed by atoms with van der Waals surface area (Å²) in [7, 11) is 0. The van der Waals surface area contributed by atoms with Gasteiger partial charge in [-0.05, 0) is 35.7 Å². The number of nitrogens with two attached hydrogens (primary N) is 1. The van der Waals surface area contributed by atoms with Gasteiger partial charge in [0.2, 0.25) is 0 Å². The fourth-order valence-corrected chi connectivity index (χ4v) is 1.84. The van der Waals surface area contributed by atoms with Crippen molar-refractivity contribution in [1.82, 2.24) is 4.98 Å². The van der Waals surface area contributed by atoms with Gasteiger partial charge in [0.1, 0.15) is 12.4 Å². The highest BCUT2D eigenvalue weighted by Crippen LogP contribution is 2.20. The van der Waals surface area contributed by atoms with E-state index in [-0.39, 0.29) is 0 Å². The Balaban J connectivity index is 2.03. The van der Waals surface area contributed by atoms with E-state index in [1.54, 1.807) is 0 Å². The zero-order valence-corrected chi connectivity index (χ0v) is 11.5. The van der Waals surface area contributed by atoms with E-state index in [2.05, 4.69) is 31.0 Å². The van der Waals surface area contributed by atoms with Crippen molar-refractivity contribution in [1.29, 1.82) is 0 Å². The molecule has 0 aliphatic heterocycles. The van der Waals surface area contributed by atoms with E-state index < -0.39 is 0 Å². The Bertz CT molecular complexity index is 538. The molecule has 100 valence electrons. The van der Waals surface area contributed by atoms with E-state index in [0.717, 1.165) is 17.1 Å². The summed E-state index contributed by atoms with van der Waals surface area (Å²) in [6, 6.07) is 14.0. The maximum atomic E-state index is 5.78. The summed E-state index contributed by atoms with van der Waals surface area (Å²) < 4.78 is 5.78. The molecular formula is C16H20N2O. The smallest absolute Gasteiger partial charge is 0.130 e. The second kappa shape index (κ2) is 6.34. The molecule has 0 unspecified atom stereocenters. The molecule has 0 saturated carbocycles. The van der Waals surface area contributed by atoms with Gasteiger partial charge in [-0.25, -0.2) is 0 Å². The first-order valence-corrected chi connectivity index (χ1v) is 6.56. The van der Waals surface area contributed by atoms with Crippen LogP contribution in [0.5, 0.6) is 5.75 Å². The topological polar surface area (TPSA) is 48.1 Å². The van der Waals surface area contributed by atoms with Crippen LogP contribution in [0.4, 0.5) is 0 Å². The summed E-state index contributed by atoms with van der Waals surface area (Å²) in [4.78, 5) is 4.41. The number of hydrogen-bond acceptors (Lipinski definition) is 3. The molecule has 2 N–H and O–H groups in total. The van der Waals surface area contributed by atoms with Crippen molar-refractivity contribution in [2.24, 2.45) is 5.73 Å². The molecule has 1 aromatic carbocycles. The minimum absolute atomic E-state index is 0.455. The molecule has 0 bridgehead atoms. The summed E-state index contributed by atoms with van der Waals surface area (Å²) in [6.45, 7) is 5.27. The van der Waals surface area contributed by atoms with Crippen LogP contribution in [0.3, 0.4) is 0 Å². The molecule has 0 aliphatic carbocycles. The molecule has 1 aromatic heterocycles. The second-order valence-corrected chi connectivity index (χ2v) is 4.84. The second-order valence-electron chi connectivity index (χ2n) is 4.84. The number of ether oxygens (including phenoxy) is 1. The molecule has 0 saturated heterocycles. The molecule has 2 aromatic rings. The number of nitrogens with zero attached hydrogens (tertiary/aromatic N) is 1. The largest absolute Gasteiger partial charge is 0.487 e. The van der Waals surface area contributed by atoms with E-state index in [4.69, 9.17) is 10.5 Å². The number of hydrogen-bond donors (Lipinski definition) is 1. The third kappa shape index (κ3) is 3.80. The summed E-state index contributed by atoms with van der Waals surface area (Å²) in [5.41, 5.74) is 8.64. The van der Waals surface area contributed by atoms with Gasteiger partial charge in [-0.2, -0.15) is 0 Å². The predicted octanol–water partition coefficient (Wildman–Crippen LogP) is 3.24. The number of benzene rings is 1. The molecule has 3 nitrogen and oxygen atoms in total. The summed E-state index contributed by atoms with van der Waals surface area (Å²) in [5.74, 6) is 1.38. The summed E-state index contributed by atoms with van der Waals surface area (Å²) in [5, 5.41) is 0. The SMILES string of the molecule is CC(C)c1cccc(OCc2cccc(CN)n2)c1. The van der Waals surface area contributed by atoms with Gasteiger partial charge in [0.25, 0.3) is 0 Å². The van der Waals surface area contributed by atoms with E-state index in [9.17, 15) is 0 Å². The predicted molar refractivity (Wildman–Crippen MR) is 77.0 cm³/mol. The van der Waals surface area contributed by atoms with E-state index >= 15 is 0 Å². The molecule has 0 fully saturated rings. The third-order valence-corrected chi connectivity index (χ3v) is 2.99. The number of rotatable bonds is 5. The zero-order chi connectivity index (χ0) is 13.7. The Morgan fingerprint density at radius 2 is 1.84 bits per heavy atom. The van der Waals surface area contributed by atoms with Crippen LogP contribution < -0.4 is 10.5 Å². The fourth-order valence-electron chi connectivity index (χ4n) is 1.84. The average Bonchev–Trinajstić information content (AvgIpc) is 2.45. The first kappa shape index (κ1) is 13.6. The van der Waals surface area contributed by atoms with Crippen LogP contribution in [-0.2, 0) is 13.2 Å². The molecule has 0 radical (unpaired) electrons. The lowest BCUT2D eigenvalue weighted by atomic mass is 10.0. The van der Waals surface area contributed by atoms with Crippen LogP contribution in [0.2, 0.25) is 0 Å². The highest BCUT2D eigenvalue weighted by atomic mass is 16.5. The van der Waals surface area contributed by atoms with E-state index in [1.807, 2.05) is 30.3 Å². The quantitative estimate of drug-likeness (QED) is 0.893. The molecule has 0 aliphatic rings. The van der Waals surface area contributed by atoms with Crippen LogP contribution in [-0.4, -0.2) is 4.98 Å². The van der Waals surface area contributed by atoms with Gasteiger partial charge in [0, 0.05) is 6.54 Å². The summed E-state index contributed by atoms with van der Waals surface area (Å²) >= 11 is 0. The van der Waals surface area contributed by atoms with Crippen molar-refractivity contribution in [3.63, 3.8) is 0 Å². The van der Waals surface area contributed by atoms with Crippen molar-refractivity contribution in [3.05, 3.63) is 59.4 Å². The van der Waals surface area contributed by atoms with Crippen LogP contribution in [0.15, 0.2) is 42.5 Å². The normalized spacial score (nSPS) is 10.7. The minimum atomic E-state index is 0.455. The average molecular weight is 256 g/mol. The van der Waals surface area contributed by atoms with Crippen molar-refractivity contribution in [2.75, 3.05) is 0 Å². The van der Waals surface area contributed by atoms with Gasteiger partial charge in [-0.3, -0.25) is 4.98 Å². The van der Waals surface area contributed by atoms with Crippen LogP contribution in [0.1, 0.15) is 36.7 Å². The third-order valence-electron chi connectivity index (χ3n) is 2.99. The molecule has 0 amide bonds. The summed E-state index contributed by atoms with van der Waals surface area (Å²) in [6.07, 6.45) is 0. The molecule has 1 heterocycles. The molecule has 19 heavy (non-hydrogen) atoms. The van der Waals surface area contributed by atoms with Crippen LogP contribution in [0, 0.1) is 0 Å². The van der Waals surface area contributed by atoms with Crippen LogP contribution in [0.25, 0.3) is 0 Å². The fraction of sp³-hybridized carbons (Fsp3) is 0.312. The first-order chi connectivity index (χ1) is 9.19. The van der Waals surface area contributed by atoms with Gasteiger partial charge in [-0.15, -0.1) is 0 Å². The molecule has 3 heteroatoms. The monoisotopic (exact) mass is 256 g/mol. The van der Waals surface area contributed by atoms with Crippen molar-refractivity contribution in [2.45, 2.75) is 32.9 Å². The van der Waals surface area contributed by atoms with Crippen LogP contribution >= 0.6 is 0 Å². The number of aromatic nitrogens is 1. The Morgan fingerprint density at radius 1 is 1.11 bits per heavy atom. The van der Waals surface area contributed by atoms with Gasteiger partial charge in [0.05, 0.1) is 11.4 Å². The maximum absolute atomic E-state index is 5.78. The van der Waals surface area contributed by atoms with Crippen molar-refractivity contribution in [3.8, 4) is 5.75 Å². The highest BCUT2D eigenvalue weighted by Gasteiger charge is 2.02. The minimum Gasteiger partial charge on any atom is -0.487 e. The van der Waals surface area contributed by atoms with Gasteiger partial charge in [-0.1, -0.05) is 32.0 Å². The highest BCUT2D eigenvalue weighted by molar-refractivity contribution is 5.30.